The van der Waals surface area contributed by atoms with E-state index in [4.69, 9.17) is 0 Å². The highest BCUT2D eigenvalue weighted by molar-refractivity contribution is 7.00. The smallest absolute Gasteiger partial charge is 0.252 e. The van der Waals surface area contributed by atoms with Gasteiger partial charge in [-0.05, 0) is 108 Å². The Bertz CT molecular complexity index is 2970. The predicted octanol–water partition coefficient (Wildman–Crippen LogP) is 11.7. The first-order chi connectivity index (χ1) is 28.5. The highest BCUT2D eigenvalue weighted by Crippen LogP contribution is 2.66. The first kappa shape index (κ1) is 34.6. The first-order valence-corrected chi connectivity index (χ1v) is 22.7. The van der Waals surface area contributed by atoms with Gasteiger partial charge in [0.25, 0.3) is 6.71 Å². The molecule has 3 nitrogen and oxygen atoms in total. The lowest BCUT2D eigenvalue weighted by Crippen LogP contribution is -2.64. The van der Waals surface area contributed by atoms with Gasteiger partial charge in [-0.1, -0.05) is 150 Å². The molecule has 4 aliphatic heterocycles. The fraction of sp³-hybridized carbons (Fsp3) is 0.345. The monoisotopic (exact) mass is 767 g/mol. The van der Waals surface area contributed by atoms with Crippen LogP contribution in [0.15, 0.2) is 121 Å². The second-order valence-corrected chi connectivity index (χ2v) is 20.9. The van der Waals surface area contributed by atoms with Gasteiger partial charge in [-0.25, -0.2) is 0 Å². The predicted molar refractivity (Wildman–Crippen MR) is 250 cm³/mol. The molecule has 2 aliphatic carbocycles. The van der Waals surface area contributed by atoms with Crippen LogP contribution in [0.25, 0.3) is 27.5 Å². The fourth-order valence-corrected chi connectivity index (χ4v) is 14.4. The molecule has 4 heteroatoms. The maximum absolute atomic E-state index is 2.93. The average Bonchev–Trinajstić information content (AvgIpc) is 3.79. The summed E-state index contributed by atoms with van der Waals surface area (Å²) in [4.78, 5) is 5.79. The molecule has 5 heterocycles. The molecule has 1 aromatic heterocycles. The average molecular weight is 768 g/mol. The summed E-state index contributed by atoms with van der Waals surface area (Å²) < 4.78 is 2.68. The van der Waals surface area contributed by atoms with E-state index < -0.39 is 0 Å². The summed E-state index contributed by atoms with van der Waals surface area (Å²) in [5.41, 5.74) is 19.9. The lowest BCUT2D eigenvalue weighted by Gasteiger charge is -2.54. The van der Waals surface area contributed by atoms with Crippen LogP contribution in [0, 0.1) is 0 Å². The molecule has 6 aliphatic rings. The summed E-state index contributed by atoms with van der Waals surface area (Å²) in [7, 11) is 0. The zero-order valence-electron chi connectivity index (χ0n) is 35.6. The van der Waals surface area contributed by atoms with Crippen LogP contribution in [-0.4, -0.2) is 22.4 Å². The number of para-hydroxylation sites is 3. The van der Waals surface area contributed by atoms with E-state index in [0.29, 0.717) is 0 Å². The van der Waals surface area contributed by atoms with Gasteiger partial charge < -0.3 is 14.4 Å². The fourth-order valence-electron chi connectivity index (χ4n) is 14.4. The van der Waals surface area contributed by atoms with Gasteiger partial charge in [-0.2, -0.15) is 0 Å². The number of benzene rings is 6. The van der Waals surface area contributed by atoms with Gasteiger partial charge in [0.15, 0.2) is 0 Å². The van der Waals surface area contributed by atoms with Crippen molar-refractivity contribution in [2.24, 2.45) is 0 Å². The molecule has 0 radical (unpaired) electrons. The van der Waals surface area contributed by atoms with Gasteiger partial charge in [-0.3, -0.25) is 0 Å². The largest absolute Gasteiger partial charge is 0.335 e. The molecular weight excluding hydrogens is 713 g/mol. The van der Waals surface area contributed by atoms with Crippen LogP contribution in [0.4, 0.5) is 22.7 Å². The number of aromatic nitrogens is 1. The molecule has 13 rings (SSSR count). The molecule has 4 atom stereocenters. The van der Waals surface area contributed by atoms with Crippen molar-refractivity contribution in [1.82, 2.24) is 4.57 Å². The Kier molecular flexibility index (Phi) is 6.53. The number of hydrogen-bond donors (Lipinski definition) is 0. The highest BCUT2D eigenvalue weighted by Gasteiger charge is 2.64. The first-order valence-electron chi connectivity index (χ1n) is 22.7. The lowest BCUT2D eigenvalue weighted by atomic mass is 9.33. The summed E-state index contributed by atoms with van der Waals surface area (Å²) in [5.74, 6) is 0. The van der Waals surface area contributed by atoms with Crippen molar-refractivity contribution in [2.75, 3.05) is 9.80 Å². The van der Waals surface area contributed by atoms with E-state index in [-0.39, 0.29) is 34.0 Å². The van der Waals surface area contributed by atoms with E-state index in [1.54, 1.807) is 5.56 Å². The van der Waals surface area contributed by atoms with Crippen LogP contribution in [-0.2, 0) is 16.2 Å². The molecule has 7 aromatic rings. The van der Waals surface area contributed by atoms with E-state index in [2.05, 4.69) is 177 Å². The quantitative estimate of drug-likeness (QED) is 0.162. The van der Waals surface area contributed by atoms with Crippen molar-refractivity contribution in [3.63, 3.8) is 0 Å². The van der Waals surface area contributed by atoms with Crippen LogP contribution < -0.4 is 26.2 Å². The molecule has 0 spiro atoms. The van der Waals surface area contributed by atoms with Gasteiger partial charge >= 0.3 is 0 Å². The van der Waals surface area contributed by atoms with E-state index in [1.807, 2.05) is 0 Å². The minimum atomic E-state index is -0.138. The topological polar surface area (TPSA) is 11.4 Å². The third-order valence-electron chi connectivity index (χ3n) is 17.4. The summed E-state index contributed by atoms with van der Waals surface area (Å²) in [5, 5.41) is 2.70. The van der Waals surface area contributed by atoms with Gasteiger partial charge in [-0.15, -0.1) is 0 Å². The summed E-state index contributed by atoms with van der Waals surface area (Å²) in [6.07, 6.45) is 9.77. The van der Waals surface area contributed by atoms with Crippen molar-refractivity contribution in [3.05, 3.63) is 144 Å². The Hall–Kier alpha value is -5.22. The third-order valence-corrected chi connectivity index (χ3v) is 17.4. The second kappa shape index (κ2) is 11.1. The Morgan fingerprint density at radius 1 is 0.559 bits per heavy atom. The summed E-state index contributed by atoms with van der Waals surface area (Å²) >= 11 is 0. The molecule has 59 heavy (non-hydrogen) atoms. The maximum atomic E-state index is 2.93. The molecule has 292 valence electrons. The van der Waals surface area contributed by atoms with Gasteiger partial charge in [0.1, 0.15) is 0 Å². The molecule has 0 saturated heterocycles. The third kappa shape index (κ3) is 3.90. The molecule has 6 aromatic carbocycles. The minimum absolute atomic E-state index is 0.0444. The SMILES string of the molecule is CC(C)(C)c1ccc2c(c1)C1(C)CCCCC1(C)N2c1cc2c3c(c1)-n1c4ccccc4c4cccc(c41)B3c1cccc3c1N2C1(C)CCCCC31c1ccccc1. The van der Waals surface area contributed by atoms with Crippen LogP contribution in [0.5, 0.6) is 0 Å². The van der Waals surface area contributed by atoms with Crippen molar-refractivity contribution in [3.8, 4) is 5.69 Å². The molecule has 2 fully saturated rings. The van der Waals surface area contributed by atoms with Crippen LogP contribution in [0.2, 0.25) is 0 Å². The van der Waals surface area contributed by atoms with E-state index in [1.165, 1.54) is 128 Å². The number of rotatable bonds is 2. The Balaban J connectivity index is 1.17. The van der Waals surface area contributed by atoms with Crippen molar-refractivity contribution in [1.29, 1.82) is 0 Å². The van der Waals surface area contributed by atoms with E-state index >= 15 is 0 Å². The highest BCUT2D eigenvalue weighted by atomic mass is 15.3. The molecule has 0 bridgehead atoms. The molecule has 2 saturated carbocycles. The molecule has 0 N–H and O–H groups in total. The van der Waals surface area contributed by atoms with Crippen LogP contribution in [0.3, 0.4) is 0 Å². The van der Waals surface area contributed by atoms with Crippen LogP contribution >= 0.6 is 0 Å². The second-order valence-electron chi connectivity index (χ2n) is 20.9. The Labute approximate surface area is 350 Å². The number of anilines is 4. The number of nitrogens with zero attached hydrogens (tertiary/aromatic N) is 3. The minimum Gasteiger partial charge on any atom is -0.335 e. The van der Waals surface area contributed by atoms with Gasteiger partial charge in [0.05, 0.1) is 16.6 Å². The van der Waals surface area contributed by atoms with Gasteiger partial charge in [0.2, 0.25) is 0 Å². The van der Waals surface area contributed by atoms with E-state index in [9.17, 15) is 0 Å². The van der Waals surface area contributed by atoms with E-state index in [0.717, 1.165) is 6.42 Å². The van der Waals surface area contributed by atoms with Crippen molar-refractivity contribution >= 4 is 67.7 Å². The zero-order valence-corrected chi connectivity index (χ0v) is 35.6. The molecule has 0 amide bonds. The lowest BCUT2D eigenvalue weighted by molar-refractivity contribution is 0.194. The van der Waals surface area contributed by atoms with Crippen molar-refractivity contribution in [2.45, 2.75) is 120 Å². The molecule has 4 unspecified atom stereocenters. The summed E-state index contributed by atoms with van der Waals surface area (Å²) in [6, 6.07) is 48.3. The van der Waals surface area contributed by atoms with Crippen LogP contribution in [0.1, 0.15) is 115 Å². The number of hydrogen-bond acceptors (Lipinski definition) is 2. The standard InChI is InChI=1S/C55H54BN3/c1-51(2,3)36-26-27-45-41(32-36)52(4)28-12-13-29-53(52,5)58(45)37-33-46-48-47(34-37)59-50-40(55(35-18-8-7-9-19-35)31-15-14-30-54(55,59)6)22-17-24-43(50)56(48)42-23-16-21-39-38-20-10-11-25-44(38)57(46)49(39)42/h7-11,16-27,32-34H,12-15,28-31H2,1-6H3. The van der Waals surface area contributed by atoms with Crippen molar-refractivity contribution < 1.29 is 0 Å². The normalized spacial score (nSPS) is 27.1. The zero-order chi connectivity index (χ0) is 39.8. The molecular formula is C55H54BN3. The Morgan fingerprint density at radius 2 is 1.25 bits per heavy atom. The maximum Gasteiger partial charge on any atom is 0.252 e. The number of fused-ring (bicyclic) bond motifs is 13. The summed E-state index contributed by atoms with van der Waals surface area (Å²) in [6.45, 7) is 15.1. The Morgan fingerprint density at radius 3 is 2.08 bits per heavy atom. The van der Waals surface area contributed by atoms with Gasteiger partial charge in [0, 0.05) is 55.6 Å².